The van der Waals surface area contributed by atoms with E-state index in [9.17, 15) is 13.2 Å². The van der Waals surface area contributed by atoms with E-state index in [4.69, 9.17) is 0 Å². The van der Waals surface area contributed by atoms with Gasteiger partial charge in [-0.1, -0.05) is 6.07 Å². The molecule has 122 valence electrons. The second-order valence-electron chi connectivity index (χ2n) is 5.57. The van der Waals surface area contributed by atoms with E-state index in [0.29, 0.717) is 30.7 Å². The van der Waals surface area contributed by atoms with Crippen molar-refractivity contribution < 1.29 is 17.9 Å². The number of methoxy groups -OCH3 is 1. The minimum atomic E-state index is -3.47. The predicted octanol–water partition coefficient (Wildman–Crippen LogP) is 2.19. The summed E-state index contributed by atoms with van der Waals surface area (Å²) in [7, 11) is -2.12. The standard InChI is InChI=1S/C16H23NO4S/c1-21-16(18)8-4-5-11-17-22(19,20)15-10-9-13-6-2-3-7-14(13)12-15/h9-10,12,17H,2-8,11H2,1H3. The molecule has 2 rings (SSSR count). The number of sulfonamides is 1. The second kappa shape index (κ2) is 7.74. The quantitative estimate of drug-likeness (QED) is 0.616. The summed E-state index contributed by atoms with van der Waals surface area (Å²) >= 11 is 0. The maximum Gasteiger partial charge on any atom is 0.305 e. The number of nitrogens with one attached hydrogen (secondary N) is 1. The number of hydrogen-bond donors (Lipinski definition) is 1. The van der Waals surface area contributed by atoms with Crippen molar-refractivity contribution in [3.63, 3.8) is 0 Å². The molecule has 22 heavy (non-hydrogen) atoms. The van der Waals surface area contributed by atoms with Gasteiger partial charge in [-0.3, -0.25) is 4.79 Å². The Kier molecular flexibility index (Phi) is 5.97. The zero-order valence-electron chi connectivity index (χ0n) is 12.9. The summed E-state index contributed by atoms with van der Waals surface area (Å²) in [6.45, 7) is 0.330. The number of rotatable bonds is 7. The monoisotopic (exact) mass is 325 g/mol. The number of fused-ring (bicyclic) bond motifs is 1. The molecular weight excluding hydrogens is 302 g/mol. The first kappa shape index (κ1) is 17.0. The Morgan fingerprint density at radius 3 is 2.64 bits per heavy atom. The molecule has 1 aromatic rings. The summed E-state index contributed by atoms with van der Waals surface area (Å²) in [6.07, 6.45) is 5.83. The van der Waals surface area contributed by atoms with Crippen LogP contribution in [0.4, 0.5) is 0 Å². The zero-order valence-corrected chi connectivity index (χ0v) is 13.7. The molecule has 5 nitrogen and oxygen atoms in total. The molecule has 1 aliphatic carbocycles. The van der Waals surface area contributed by atoms with Gasteiger partial charge in [0.05, 0.1) is 12.0 Å². The Bertz CT molecular complexity index is 625. The van der Waals surface area contributed by atoms with Crippen LogP contribution in [0.15, 0.2) is 23.1 Å². The van der Waals surface area contributed by atoms with E-state index in [2.05, 4.69) is 9.46 Å². The summed E-state index contributed by atoms with van der Waals surface area (Å²) in [5.74, 6) is -0.266. The molecule has 0 saturated heterocycles. The van der Waals surface area contributed by atoms with Crippen LogP contribution in [0.25, 0.3) is 0 Å². The summed E-state index contributed by atoms with van der Waals surface area (Å²) in [4.78, 5) is 11.3. The summed E-state index contributed by atoms with van der Waals surface area (Å²) in [5.41, 5.74) is 2.42. The van der Waals surface area contributed by atoms with Gasteiger partial charge in [0.25, 0.3) is 0 Å². The molecule has 0 heterocycles. The molecule has 0 spiro atoms. The van der Waals surface area contributed by atoms with E-state index in [1.165, 1.54) is 19.1 Å². The van der Waals surface area contributed by atoms with Crippen molar-refractivity contribution in [3.8, 4) is 0 Å². The topological polar surface area (TPSA) is 72.5 Å². The molecule has 6 heteroatoms. The second-order valence-corrected chi connectivity index (χ2v) is 7.34. The van der Waals surface area contributed by atoms with Gasteiger partial charge in [-0.25, -0.2) is 13.1 Å². The Morgan fingerprint density at radius 2 is 1.91 bits per heavy atom. The fraction of sp³-hybridized carbons (Fsp3) is 0.562. The minimum Gasteiger partial charge on any atom is -0.469 e. The van der Waals surface area contributed by atoms with Crippen LogP contribution in [0.3, 0.4) is 0 Å². The number of ether oxygens (including phenoxy) is 1. The van der Waals surface area contributed by atoms with Crippen LogP contribution in [0.1, 0.15) is 43.2 Å². The fourth-order valence-corrected chi connectivity index (χ4v) is 3.79. The van der Waals surface area contributed by atoms with E-state index in [0.717, 1.165) is 24.8 Å². The summed E-state index contributed by atoms with van der Waals surface area (Å²) < 4.78 is 31.7. The number of benzene rings is 1. The molecule has 1 aromatic carbocycles. The molecule has 0 aromatic heterocycles. The van der Waals surface area contributed by atoms with Crippen molar-refractivity contribution in [2.24, 2.45) is 0 Å². The van der Waals surface area contributed by atoms with Gasteiger partial charge in [-0.15, -0.1) is 0 Å². The molecule has 0 unspecified atom stereocenters. The van der Waals surface area contributed by atoms with Crippen molar-refractivity contribution >= 4 is 16.0 Å². The minimum absolute atomic E-state index is 0.266. The Labute approximate surface area is 132 Å². The third-order valence-electron chi connectivity index (χ3n) is 3.96. The molecule has 0 saturated carbocycles. The third-order valence-corrected chi connectivity index (χ3v) is 5.42. The van der Waals surface area contributed by atoms with Crippen LogP contribution in [-0.2, 0) is 32.4 Å². The Morgan fingerprint density at radius 1 is 1.18 bits per heavy atom. The lowest BCUT2D eigenvalue weighted by atomic mass is 9.92. The molecule has 0 atom stereocenters. The van der Waals surface area contributed by atoms with E-state index in [1.54, 1.807) is 12.1 Å². The smallest absolute Gasteiger partial charge is 0.305 e. The van der Waals surface area contributed by atoms with E-state index < -0.39 is 10.0 Å². The van der Waals surface area contributed by atoms with Crippen molar-refractivity contribution in [1.82, 2.24) is 4.72 Å². The summed E-state index contributed by atoms with van der Waals surface area (Å²) in [6, 6.07) is 5.41. The van der Waals surface area contributed by atoms with Gasteiger partial charge in [-0.2, -0.15) is 0 Å². The van der Waals surface area contributed by atoms with Gasteiger partial charge in [0.15, 0.2) is 0 Å². The normalized spacial score (nSPS) is 14.4. The number of unbranched alkanes of at least 4 members (excludes halogenated alkanes) is 1. The van der Waals surface area contributed by atoms with Gasteiger partial charge in [0.1, 0.15) is 0 Å². The average Bonchev–Trinajstić information content (AvgIpc) is 2.53. The van der Waals surface area contributed by atoms with E-state index >= 15 is 0 Å². The molecule has 1 N–H and O–H groups in total. The first-order chi connectivity index (χ1) is 10.5. The maximum absolute atomic E-state index is 12.3. The van der Waals surface area contributed by atoms with Gasteiger partial charge < -0.3 is 4.74 Å². The lowest BCUT2D eigenvalue weighted by Crippen LogP contribution is -2.25. The third kappa shape index (κ3) is 4.55. The van der Waals surface area contributed by atoms with Gasteiger partial charge >= 0.3 is 5.97 Å². The number of carbonyl (C=O) groups is 1. The molecule has 0 amide bonds. The lowest BCUT2D eigenvalue weighted by molar-refractivity contribution is -0.140. The van der Waals surface area contributed by atoms with Crippen molar-refractivity contribution in [2.45, 2.75) is 49.8 Å². The maximum atomic E-state index is 12.3. The van der Waals surface area contributed by atoms with Crippen molar-refractivity contribution in [3.05, 3.63) is 29.3 Å². The first-order valence-corrected chi connectivity index (χ1v) is 9.19. The fourth-order valence-electron chi connectivity index (χ4n) is 2.66. The molecular formula is C16H23NO4S. The highest BCUT2D eigenvalue weighted by atomic mass is 32.2. The number of hydrogen-bond acceptors (Lipinski definition) is 4. The molecule has 1 aliphatic rings. The number of aryl methyl sites for hydroxylation is 2. The highest BCUT2D eigenvalue weighted by Gasteiger charge is 2.17. The van der Waals surface area contributed by atoms with Crippen LogP contribution < -0.4 is 4.72 Å². The lowest BCUT2D eigenvalue weighted by Gasteiger charge is -2.16. The number of esters is 1. The average molecular weight is 325 g/mol. The number of carbonyl (C=O) groups excluding carboxylic acids is 1. The SMILES string of the molecule is COC(=O)CCCCNS(=O)(=O)c1ccc2c(c1)CCCC2. The van der Waals surface area contributed by atoms with E-state index in [-0.39, 0.29) is 5.97 Å². The van der Waals surface area contributed by atoms with Crippen LogP contribution in [0.5, 0.6) is 0 Å². The molecule has 0 bridgehead atoms. The van der Waals surface area contributed by atoms with Gasteiger partial charge in [-0.05, 0) is 61.8 Å². The highest BCUT2D eigenvalue weighted by Crippen LogP contribution is 2.24. The largest absolute Gasteiger partial charge is 0.469 e. The highest BCUT2D eigenvalue weighted by molar-refractivity contribution is 7.89. The molecule has 0 fully saturated rings. The van der Waals surface area contributed by atoms with Crippen LogP contribution in [0, 0.1) is 0 Å². The first-order valence-electron chi connectivity index (χ1n) is 7.71. The molecule has 0 radical (unpaired) electrons. The zero-order chi connectivity index (χ0) is 16.0. The van der Waals surface area contributed by atoms with Crippen molar-refractivity contribution in [2.75, 3.05) is 13.7 Å². The Balaban J connectivity index is 1.89. The van der Waals surface area contributed by atoms with Crippen molar-refractivity contribution in [1.29, 1.82) is 0 Å². The van der Waals surface area contributed by atoms with Gasteiger partial charge in [0.2, 0.25) is 10.0 Å². The molecule has 0 aliphatic heterocycles. The van der Waals surface area contributed by atoms with Crippen LogP contribution >= 0.6 is 0 Å². The predicted molar refractivity (Wildman–Crippen MR) is 84.1 cm³/mol. The summed E-state index contributed by atoms with van der Waals surface area (Å²) in [5, 5.41) is 0. The van der Waals surface area contributed by atoms with Crippen LogP contribution in [0.2, 0.25) is 0 Å². The van der Waals surface area contributed by atoms with Crippen LogP contribution in [-0.4, -0.2) is 28.0 Å². The van der Waals surface area contributed by atoms with Gasteiger partial charge in [0, 0.05) is 13.0 Å². The Hall–Kier alpha value is -1.40. The van der Waals surface area contributed by atoms with E-state index in [1.807, 2.05) is 6.07 Å².